The molecule has 0 unspecified atom stereocenters. The second-order valence-corrected chi connectivity index (χ2v) is 8.17. The molecule has 0 bridgehead atoms. The average molecular weight is 458 g/mol. The first-order valence-corrected chi connectivity index (χ1v) is 10.7. The summed E-state index contributed by atoms with van der Waals surface area (Å²) in [5.41, 5.74) is 3.72. The van der Waals surface area contributed by atoms with Crippen LogP contribution in [0.25, 0.3) is 11.2 Å². The van der Waals surface area contributed by atoms with Gasteiger partial charge in [-0.15, -0.1) is 0 Å². The van der Waals surface area contributed by atoms with Gasteiger partial charge in [0, 0.05) is 24.0 Å². The van der Waals surface area contributed by atoms with Crippen LogP contribution in [0.3, 0.4) is 0 Å². The number of alkyl halides is 3. The van der Waals surface area contributed by atoms with Gasteiger partial charge in [0.15, 0.2) is 5.65 Å². The first-order chi connectivity index (χ1) is 15.6. The summed E-state index contributed by atoms with van der Waals surface area (Å²) >= 11 is 0. The van der Waals surface area contributed by atoms with Gasteiger partial charge >= 0.3 is 6.18 Å². The zero-order valence-corrected chi connectivity index (χ0v) is 18.8. The van der Waals surface area contributed by atoms with Gasteiger partial charge in [0.25, 0.3) is 0 Å². The highest BCUT2D eigenvalue weighted by molar-refractivity contribution is 5.74. The standard InChI is InChI=1S/C23H25F3N6O/c1-13(23(24,25)26)5-6-18-20-21(29-16(4)15(3)28-20)31-22(30-18)32-9-10-33-19(12-32)17-7-8-27-14(2)11-17/h7-8,11,19H,1,5-6,9-10,12H2,2-4H3/t19-/m1/s1. The molecule has 1 atom stereocenters. The molecule has 0 saturated carbocycles. The molecule has 10 heteroatoms. The van der Waals surface area contributed by atoms with E-state index in [0.29, 0.717) is 53.9 Å². The number of halogens is 3. The lowest BCUT2D eigenvalue weighted by atomic mass is 10.1. The molecule has 3 aromatic rings. The van der Waals surface area contributed by atoms with E-state index in [2.05, 4.69) is 31.5 Å². The number of hydrogen-bond donors (Lipinski definition) is 0. The van der Waals surface area contributed by atoms with E-state index in [1.54, 1.807) is 13.1 Å². The van der Waals surface area contributed by atoms with E-state index in [-0.39, 0.29) is 18.9 Å². The second kappa shape index (κ2) is 9.01. The predicted octanol–water partition coefficient (Wildman–Crippen LogP) is 4.37. The van der Waals surface area contributed by atoms with Gasteiger partial charge in [-0.2, -0.15) is 18.2 Å². The molecule has 3 aromatic heterocycles. The molecule has 1 saturated heterocycles. The Morgan fingerprint density at radius 1 is 1.15 bits per heavy atom. The Morgan fingerprint density at radius 2 is 1.91 bits per heavy atom. The summed E-state index contributed by atoms with van der Waals surface area (Å²) in [6.45, 7) is 10.2. The SMILES string of the molecule is C=C(CCc1nc(N2CCO[C@@H](c3ccnc(C)c3)C2)nc2nc(C)c(C)nc12)C(F)(F)F. The third-order valence-electron chi connectivity index (χ3n) is 5.71. The van der Waals surface area contributed by atoms with Crippen LogP contribution in [0.5, 0.6) is 0 Å². The van der Waals surface area contributed by atoms with Crippen LogP contribution in [0.15, 0.2) is 30.5 Å². The maximum atomic E-state index is 13.0. The Balaban J connectivity index is 1.68. The number of pyridine rings is 1. The van der Waals surface area contributed by atoms with Crippen LogP contribution in [0, 0.1) is 20.8 Å². The number of fused-ring (bicyclic) bond motifs is 1. The third-order valence-corrected chi connectivity index (χ3v) is 5.71. The third kappa shape index (κ3) is 5.11. The Kier molecular flexibility index (Phi) is 6.29. The van der Waals surface area contributed by atoms with Gasteiger partial charge in [-0.1, -0.05) is 6.58 Å². The first kappa shape index (κ1) is 23.0. The maximum Gasteiger partial charge on any atom is 0.412 e. The van der Waals surface area contributed by atoms with Crippen molar-refractivity contribution in [3.05, 3.63) is 58.8 Å². The number of anilines is 1. The fourth-order valence-corrected chi connectivity index (χ4v) is 3.68. The molecule has 174 valence electrons. The normalized spacial score (nSPS) is 16.9. The van der Waals surface area contributed by atoms with E-state index in [0.717, 1.165) is 11.3 Å². The average Bonchev–Trinajstić information content (AvgIpc) is 2.77. The minimum Gasteiger partial charge on any atom is -0.370 e. The lowest BCUT2D eigenvalue weighted by Crippen LogP contribution is -2.39. The van der Waals surface area contributed by atoms with Crippen molar-refractivity contribution in [2.24, 2.45) is 0 Å². The number of rotatable bonds is 5. The van der Waals surface area contributed by atoms with Gasteiger partial charge in [0.2, 0.25) is 5.95 Å². The minimum atomic E-state index is -4.44. The Morgan fingerprint density at radius 3 is 2.64 bits per heavy atom. The molecule has 0 radical (unpaired) electrons. The van der Waals surface area contributed by atoms with Crippen molar-refractivity contribution in [2.45, 2.75) is 45.9 Å². The molecule has 0 aromatic carbocycles. The summed E-state index contributed by atoms with van der Waals surface area (Å²) in [6, 6.07) is 3.88. The molecule has 0 aliphatic carbocycles. The quantitative estimate of drug-likeness (QED) is 0.526. The zero-order chi connectivity index (χ0) is 23.8. The molecular formula is C23H25F3N6O. The first-order valence-electron chi connectivity index (χ1n) is 10.7. The molecule has 7 nitrogen and oxygen atoms in total. The number of ether oxygens (including phenoxy) is 1. The summed E-state index contributed by atoms with van der Waals surface area (Å²) in [4.78, 5) is 24.5. The van der Waals surface area contributed by atoms with Crippen LogP contribution in [0.4, 0.5) is 19.1 Å². The van der Waals surface area contributed by atoms with E-state index < -0.39 is 11.7 Å². The molecule has 4 heterocycles. The summed E-state index contributed by atoms with van der Waals surface area (Å²) in [6.07, 6.45) is -3.13. The summed E-state index contributed by atoms with van der Waals surface area (Å²) < 4.78 is 44.9. The molecule has 4 rings (SSSR count). The highest BCUT2D eigenvalue weighted by atomic mass is 19.4. The van der Waals surface area contributed by atoms with Crippen molar-refractivity contribution >= 4 is 17.1 Å². The smallest absolute Gasteiger partial charge is 0.370 e. The Bertz CT molecular complexity index is 1200. The summed E-state index contributed by atoms with van der Waals surface area (Å²) in [5.74, 6) is 0.409. The molecule has 1 fully saturated rings. The van der Waals surface area contributed by atoms with E-state index in [1.807, 2.05) is 30.9 Å². The second-order valence-electron chi connectivity index (χ2n) is 8.17. The van der Waals surface area contributed by atoms with Gasteiger partial charge in [-0.05, 0) is 51.3 Å². The van der Waals surface area contributed by atoms with E-state index in [1.165, 1.54) is 0 Å². The Hall–Kier alpha value is -3.14. The number of nitrogens with zero attached hydrogens (tertiary/aromatic N) is 6. The highest BCUT2D eigenvalue weighted by Gasteiger charge is 2.32. The Labute approximate surface area is 189 Å². The van der Waals surface area contributed by atoms with E-state index in [4.69, 9.17) is 4.74 Å². The fraction of sp³-hybridized carbons (Fsp3) is 0.435. The van der Waals surface area contributed by atoms with Gasteiger partial charge in [-0.3, -0.25) is 4.98 Å². The molecule has 33 heavy (non-hydrogen) atoms. The summed E-state index contributed by atoms with van der Waals surface area (Å²) in [7, 11) is 0. The van der Waals surface area contributed by atoms with Gasteiger partial charge in [0.05, 0.1) is 30.2 Å². The monoisotopic (exact) mass is 458 g/mol. The molecule has 1 aliphatic rings. The van der Waals surface area contributed by atoms with Crippen LogP contribution in [-0.2, 0) is 11.2 Å². The van der Waals surface area contributed by atoms with Crippen molar-refractivity contribution in [1.82, 2.24) is 24.9 Å². The number of aromatic nitrogens is 5. The largest absolute Gasteiger partial charge is 0.412 e. The number of allylic oxidation sites excluding steroid dienone is 1. The highest BCUT2D eigenvalue weighted by Crippen LogP contribution is 2.30. The topological polar surface area (TPSA) is 76.9 Å². The van der Waals surface area contributed by atoms with E-state index in [9.17, 15) is 13.2 Å². The van der Waals surface area contributed by atoms with E-state index >= 15 is 0 Å². The predicted molar refractivity (Wildman–Crippen MR) is 118 cm³/mol. The van der Waals surface area contributed by atoms with Gasteiger partial charge < -0.3 is 9.64 Å². The van der Waals surface area contributed by atoms with Crippen LogP contribution >= 0.6 is 0 Å². The van der Waals surface area contributed by atoms with Crippen LogP contribution in [-0.4, -0.2) is 50.8 Å². The zero-order valence-electron chi connectivity index (χ0n) is 18.8. The molecule has 0 spiro atoms. The maximum absolute atomic E-state index is 13.0. The number of aryl methyl sites for hydroxylation is 4. The number of hydrogen-bond acceptors (Lipinski definition) is 7. The van der Waals surface area contributed by atoms with Crippen molar-refractivity contribution < 1.29 is 17.9 Å². The van der Waals surface area contributed by atoms with Crippen LogP contribution in [0.2, 0.25) is 0 Å². The minimum absolute atomic E-state index is 0.0405. The van der Waals surface area contributed by atoms with Crippen molar-refractivity contribution in [1.29, 1.82) is 0 Å². The lowest BCUT2D eigenvalue weighted by Gasteiger charge is -2.33. The lowest BCUT2D eigenvalue weighted by molar-refractivity contribution is -0.0935. The van der Waals surface area contributed by atoms with Crippen molar-refractivity contribution in [3.63, 3.8) is 0 Å². The van der Waals surface area contributed by atoms with Crippen LogP contribution in [0.1, 0.15) is 40.9 Å². The van der Waals surface area contributed by atoms with Crippen molar-refractivity contribution in [3.8, 4) is 0 Å². The molecule has 0 amide bonds. The fourth-order valence-electron chi connectivity index (χ4n) is 3.68. The molecular weight excluding hydrogens is 433 g/mol. The van der Waals surface area contributed by atoms with Crippen LogP contribution < -0.4 is 4.90 Å². The van der Waals surface area contributed by atoms with Gasteiger partial charge in [0.1, 0.15) is 11.6 Å². The molecule has 1 aliphatic heterocycles. The van der Waals surface area contributed by atoms with Crippen molar-refractivity contribution in [2.75, 3.05) is 24.6 Å². The number of morpholine rings is 1. The summed E-state index contributed by atoms with van der Waals surface area (Å²) in [5, 5.41) is 0. The van der Waals surface area contributed by atoms with Gasteiger partial charge in [-0.25, -0.2) is 15.0 Å². The molecule has 0 N–H and O–H groups in total.